The SMILES string of the molecule is Cc1ccc(C(=O)NC2CC3CCC2O3)c(N)c1. The lowest BCUT2D eigenvalue weighted by atomic mass is 9.95. The number of carbonyl (C=O) groups excluding carboxylic acids is 1. The van der Waals surface area contributed by atoms with Crippen LogP contribution < -0.4 is 11.1 Å². The van der Waals surface area contributed by atoms with Crippen molar-refractivity contribution in [3.05, 3.63) is 29.3 Å². The number of benzene rings is 1. The smallest absolute Gasteiger partial charge is 0.253 e. The summed E-state index contributed by atoms with van der Waals surface area (Å²) in [6.07, 6.45) is 3.66. The van der Waals surface area contributed by atoms with Gasteiger partial charge in [0.15, 0.2) is 0 Å². The number of hydrogen-bond donors (Lipinski definition) is 2. The summed E-state index contributed by atoms with van der Waals surface area (Å²) in [5, 5.41) is 3.04. The van der Waals surface area contributed by atoms with Crippen molar-refractivity contribution < 1.29 is 9.53 Å². The first-order valence-electron chi connectivity index (χ1n) is 6.46. The highest BCUT2D eigenvalue weighted by atomic mass is 16.5. The van der Waals surface area contributed by atoms with E-state index in [1.54, 1.807) is 6.07 Å². The molecule has 0 saturated carbocycles. The Morgan fingerprint density at radius 1 is 1.44 bits per heavy atom. The quantitative estimate of drug-likeness (QED) is 0.779. The van der Waals surface area contributed by atoms with E-state index in [0.29, 0.717) is 17.4 Å². The molecule has 4 heteroatoms. The second-order valence-corrected chi connectivity index (χ2v) is 5.28. The Labute approximate surface area is 107 Å². The number of amides is 1. The van der Waals surface area contributed by atoms with Crippen molar-refractivity contribution in [1.29, 1.82) is 0 Å². The van der Waals surface area contributed by atoms with Gasteiger partial charge in [-0.15, -0.1) is 0 Å². The number of rotatable bonds is 2. The molecule has 18 heavy (non-hydrogen) atoms. The van der Waals surface area contributed by atoms with Crippen LogP contribution in [0.25, 0.3) is 0 Å². The van der Waals surface area contributed by atoms with E-state index in [2.05, 4.69) is 5.32 Å². The monoisotopic (exact) mass is 246 g/mol. The molecule has 2 bridgehead atoms. The van der Waals surface area contributed by atoms with Gasteiger partial charge in [0.1, 0.15) is 0 Å². The number of carbonyl (C=O) groups is 1. The van der Waals surface area contributed by atoms with Crippen LogP contribution in [0.5, 0.6) is 0 Å². The molecule has 3 atom stereocenters. The van der Waals surface area contributed by atoms with E-state index >= 15 is 0 Å². The summed E-state index contributed by atoms with van der Waals surface area (Å²) >= 11 is 0. The topological polar surface area (TPSA) is 64.3 Å². The first-order valence-corrected chi connectivity index (χ1v) is 6.46. The molecule has 3 rings (SSSR count). The molecule has 1 aromatic carbocycles. The molecule has 4 nitrogen and oxygen atoms in total. The van der Waals surface area contributed by atoms with Crippen LogP contribution in [-0.4, -0.2) is 24.2 Å². The lowest BCUT2D eigenvalue weighted by Gasteiger charge is -2.20. The van der Waals surface area contributed by atoms with Crippen LogP contribution in [0.3, 0.4) is 0 Å². The molecule has 2 saturated heterocycles. The molecule has 0 radical (unpaired) electrons. The third-order valence-corrected chi connectivity index (χ3v) is 3.87. The highest BCUT2D eigenvalue weighted by molar-refractivity contribution is 5.99. The second-order valence-electron chi connectivity index (χ2n) is 5.28. The largest absolute Gasteiger partial charge is 0.398 e. The number of nitrogens with one attached hydrogen (secondary N) is 1. The Morgan fingerprint density at radius 3 is 2.89 bits per heavy atom. The third kappa shape index (κ3) is 1.97. The highest BCUT2D eigenvalue weighted by Crippen LogP contribution is 2.34. The van der Waals surface area contributed by atoms with E-state index in [1.807, 2.05) is 19.1 Å². The zero-order chi connectivity index (χ0) is 12.7. The lowest BCUT2D eigenvalue weighted by Crippen LogP contribution is -2.41. The van der Waals surface area contributed by atoms with Gasteiger partial charge in [0.2, 0.25) is 0 Å². The number of aryl methyl sites for hydroxylation is 1. The highest BCUT2D eigenvalue weighted by Gasteiger charge is 2.41. The summed E-state index contributed by atoms with van der Waals surface area (Å²) in [5.74, 6) is -0.0892. The molecule has 3 N–H and O–H groups in total. The summed E-state index contributed by atoms with van der Waals surface area (Å²) in [7, 11) is 0. The minimum absolute atomic E-state index is 0.0892. The Hall–Kier alpha value is -1.55. The van der Waals surface area contributed by atoms with Crippen molar-refractivity contribution in [2.24, 2.45) is 0 Å². The zero-order valence-corrected chi connectivity index (χ0v) is 10.5. The van der Waals surface area contributed by atoms with Gasteiger partial charge in [-0.2, -0.15) is 0 Å². The van der Waals surface area contributed by atoms with Gasteiger partial charge in [-0.25, -0.2) is 0 Å². The molecule has 0 aliphatic carbocycles. The Balaban J connectivity index is 1.71. The number of nitrogens with two attached hydrogens (primary N) is 1. The van der Waals surface area contributed by atoms with Crippen molar-refractivity contribution in [2.75, 3.05) is 5.73 Å². The first kappa shape index (κ1) is 11.5. The number of anilines is 1. The molecule has 96 valence electrons. The summed E-state index contributed by atoms with van der Waals surface area (Å²) in [4.78, 5) is 12.2. The molecule has 3 unspecified atom stereocenters. The molecule has 2 fully saturated rings. The Bertz CT molecular complexity index is 487. The molecule has 2 aliphatic rings. The molecule has 2 heterocycles. The fourth-order valence-electron chi connectivity index (χ4n) is 2.92. The third-order valence-electron chi connectivity index (χ3n) is 3.87. The predicted molar refractivity (Wildman–Crippen MR) is 69.4 cm³/mol. The molecule has 0 spiro atoms. The van der Waals surface area contributed by atoms with Gasteiger partial charge in [-0.05, 0) is 43.9 Å². The summed E-state index contributed by atoms with van der Waals surface area (Å²) in [6, 6.07) is 5.67. The predicted octanol–water partition coefficient (Wildman–Crippen LogP) is 1.63. The Kier molecular flexibility index (Phi) is 2.74. The average Bonchev–Trinajstić information content (AvgIpc) is 2.90. The van der Waals surface area contributed by atoms with E-state index in [4.69, 9.17) is 10.5 Å². The number of ether oxygens (including phenoxy) is 1. The minimum atomic E-state index is -0.0892. The summed E-state index contributed by atoms with van der Waals surface area (Å²) < 4.78 is 5.73. The van der Waals surface area contributed by atoms with E-state index in [1.165, 1.54) is 0 Å². The molecule has 1 amide bonds. The average molecular weight is 246 g/mol. The van der Waals surface area contributed by atoms with Gasteiger partial charge in [0.25, 0.3) is 5.91 Å². The molecule has 0 aromatic heterocycles. The maximum atomic E-state index is 12.2. The second kappa shape index (κ2) is 4.28. The maximum absolute atomic E-state index is 12.2. The van der Waals surface area contributed by atoms with Crippen LogP contribution in [0.4, 0.5) is 5.69 Å². The van der Waals surface area contributed by atoms with Crippen LogP contribution in [0.2, 0.25) is 0 Å². The van der Waals surface area contributed by atoms with Crippen molar-refractivity contribution in [1.82, 2.24) is 5.32 Å². The molecule has 1 aromatic rings. The van der Waals surface area contributed by atoms with Gasteiger partial charge in [0, 0.05) is 5.69 Å². The van der Waals surface area contributed by atoms with Crippen LogP contribution in [0, 0.1) is 6.92 Å². The van der Waals surface area contributed by atoms with Gasteiger partial charge >= 0.3 is 0 Å². The van der Waals surface area contributed by atoms with Crippen molar-refractivity contribution in [2.45, 2.75) is 44.4 Å². The Morgan fingerprint density at radius 2 is 2.28 bits per heavy atom. The number of hydrogen-bond acceptors (Lipinski definition) is 3. The number of fused-ring (bicyclic) bond motifs is 2. The minimum Gasteiger partial charge on any atom is -0.398 e. The van der Waals surface area contributed by atoms with Gasteiger partial charge in [0.05, 0.1) is 23.8 Å². The zero-order valence-electron chi connectivity index (χ0n) is 10.5. The van der Waals surface area contributed by atoms with Crippen LogP contribution in [0.15, 0.2) is 18.2 Å². The van der Waals surface area contributed by atoms with E-state index in [-0.39, 0.29) is 18.1 Å². The summed E-state index contributed by atoms with van der Waals surface area (Å²) in [6.45, 7) is 1.96. The van der Waals surface area contributed by atoms with Crippen molar-refractivity contribution >= 4 is 11.6 Å². The fraction of sp³-hybridized carbons (Fsp3) is 0.500. The van der Waals surface area contributed by atoms with E-state index in [9.17, 15) is 4.79 Å². The normalized spacial score (nSPS) is 29.5. The first-order chi connectivity index (χ1) is 8.63. The molecule has 2 aliphatic heterocycles. The van der Waals surface area contributed by atoms with Crippen LogP contribution in [0.1, 0.15) is 35.2 Å². The molecular weight excluding hydrogens is 228 g/mol. The molecular formula is C14H18N2O2. The van der Waals surface area contributed by atoms with E-state index in [0.717, 1.165) is 24.8 Å². The van der Waals surface area contributed by atoms with Gasteiger partial charge < -0.3 is 15.8 Å². The van der Waals surface area contributed by atoms with E-state index < -0.39 is 0 Å². The number of nitrogen functional groups attached to an aromatic ring is 1. The van der Waals surface area contributed by atoms with Gasteiger partial charge in [-0.1, -0.05) is 6.07 Å². The van der Waals surface area contributed by atoms with Crippen molar-refractivity contribution in [3.63, 3.8) is 0 Å². The van der Waals surface area contributed by atoms with Gasteiger partial charge in [-0.3, -0.25) is 4.79 Å². The van der Waals surface area contributed by atoms with Crippen LogP contribution in [-0.2, 0) is 4.74 Å². The van der Waals surface area contributed by atoms with Crippen LogP contribution >= 0.6 is 0 Å². The maximum Gasteiger partial charge on any atom is 0.253 e. The fourth-order valence-corrected chi connectivity index (χ4v) is 2.92. The standard InChI is InChI=1S/C14H18N2O2/c1-8-2-4-10(11(15)6-8)14(17)16-12-7-9-3-5-13(12)18-9/h2,4,6,9,12-13H,3,5,7,15H2,1H3,(H,16,17). The lowest BCUT2D eigenvalue weighted by molar-refractivity contribution is 0.0841. The van der Waals surface area contributed by atoms with Crippen molar-refractivity contribution in [3.8, 4) is 0 Å². The summed E-state index contributed by atoms with van der Waals surface area (Å²) in [5.41, 5.74) is 8.04.